The summed E-state index contributed by atoms with van der Waals surface area (Å²) < 4.78 is 32.0. The minimum Gasteiger partial charge on any atom is -0.475 e. The third kappa shape index (κ3) is 2.68. The molecule has 0 aliphatic heterocycles. The van der Waals surface area contributed by atoms with Crippen LogP contribution in [0.25, 0.3) is 5.82 Å². The summed E-state index contributed by atoms with van der Waals surface area (Å²) >= 11 is 0. The lowest BCUT2D eigenvalue weighted by atomic mass is 10.4. The quantitative estimate of drug-likeness (QED) is 0.860. The second kappa shape index (κ2) is 5.40. The van der Waals surface area contributed by atoms with Crippen LogP contribution in [-0.4, -0.2) is 25.4 Å². The van der Waals surface area contributed by atoms with Crippen LogP contribution < -0.4 is 10.4 Å². The first kappa shape index (κ1) is 14.2. The topological polar surface area (TPSA) is 61.9 Å². The van der Waals surface area contributed by atoms with E-state index in [2.05, 4.69) is 10.1 Å². The summed E-state index contributed by atoms with van der Waals surface area (Å²) in [6.07, 6.45) is -0.0881. The Bertz CT molecular complexity index is 664. The minimum atomic E-state index is -2.94. The molecule has 0 fully saturated rings. The SMILES string of the molecule is Cc1nn(-c2cccc(OC(C)C)n2)c(=O)n1C(F)F. The highest BCUT2D eigenvalue weighted by molar-refractivity contribution is 5.26. The molecule has 2 rings (SSSR count). The largest absolute Gasteiger partial charge is 0.475 e. The lowest BCUT2D eigenvalue weighted by Crippen LogP contribution is -2.25. The number of rotatable bonds is 4. The number of alkyl halides is 2. The van der Waals surface area contributed by atoms with E-state index in [1.165, 1.54) is 13.0 Å². The molecular formula is C12H14F2N4O2. The van der Waals surface area contributed by atoms with Gasteiger partial charge in [-0.15, -0.1) is 5.10 Å². The highest BCUT2D eigenvalue weighted by atomic mass is 19.3. The lowest BCUT2D eigenvalue weighted by Gasteiger charge is -2.09. The van der Waals surface area contributed by atoms with Crippen molar-refractivity contribution in [3.05, 3.63) is 34.5 Å². The van der Waals surface area contributed by atoms with E-state index in [1.54, 1.807) is 12.1 Å². The zero-order valence-corrected chi connectivity index (χ0v) is 11.2. The predicted octanol–water partition coefficient (Wildman–Crippen LogP) is 1.92. The third-order valence-electron chi connectivity index (χ3n) is 2.46. The smallest absolute Gasteiger partial charge is 0.356 e. The molecule has 0 aliphatic carbocycles. The van der Waals surface area contributed by atoms with Crippen molar-refractivity contribution in [2.24, 2.45) is 0 Å². The number of pyridine rings is 1. The maximum atomic E-state index is 12.7. The highest BCUT2D eigenvalue weighted by Gasteiger charge is 2.19. The molecule has 20 heavy (non-hydrogen) atoms. The van der Waals surface area contributed by atoms with Gasteiger partial charge in [-0.3, -0.25) is 0 Å². The van der Waals surface area contributed by atoms with Crippen LogP contribution in [0.15, 0.2) is 23.0 Å². The number of hydrogen-bond donors (Lipinski definition) is 0. The summed E-state index contributed by atoms with van der Waals surface area (Å²) in [5, 5.41) is 3.79. The Hall–Kier alpha value is -2.25. The third-order valence-corrected chi connectivity index (χ3v) is 2.46. The Balaban J connectivity index is 2.47. The average Bonchev–Trinajstić information content (AvgIpc) is 2.64. The van der Waals surface area contributed by atoms with Gasteiger partial charge in [-0.2, -0.15) is 18.4 Å². The van der Waals surface area contributed by atoms with E-state index in [9.17, 15) is 13.6 Å². The molecule has 0 spiro atoms. The van der Waals surface area contributed by atoms with Gasteiger partial charge in [-0.25, -0.2) is 9.36 Å². The van der Waals surface area contributed by atoms with E-state index >= 15 is 0 Å². The first-order valence-corrected chi connectivity index (χ1v) is 6.00. The summed E-state index contributed by atoms with van der Waals surface area (Å²) in [6.45, 7) is 2.05. The van der Waals surface area contributed by atoms with Gasteiger partial charge < -0.3 is 4.74 Å². The second-order valence-electron chi connectivity index (χ2n) is 4.39. The van der Waals surface area contributed by atoms with Crippen LogP contribution >= 0.6 is 0 Å². The molecule has 0 N–H and O–H groups in total. The van der Waals surface area contributed by atoms with Crippen LogP contribution in [0.5, 0.6) is 5.88 Å². The van der Waals surface area contributed by atoms with Crippen molar-refractivity contribution in [2.45, 2.75) is 33.4 Å². The van der Waals surface area contributed by atoms with Gasteiger partial charge in [-0.05, 0) is 26.8 Å². The molecule has 6 nitrogen and oxygen atoms in total. The Labute approximate surface area is 113 Å². The summed E-state index contributed by atoms with van der Waals surface area (Å²) in [7, 11) is 0. The lowest BCUT2D eigenvalue weighted by molar-refractivity contribution is 0.0640. The normalized spacial score (nSPS) is 11.3. The maximum Gasteiger partial charge on any atom is 0.356 e. The van der Waals surface area contributed by atoms with E-state index in [-0.39, 0.29) is 17.7 Å². The Morgan fingerprint density at radius 2 is 2.00 bits per heavy atom. The summed E-state index contributed by atoms with van der Waals surface area (Å²) in [4.78, 5) is 15.9. The van der Waals surface area contributed by atoms with Crippen molar-refractivity contribution in [3.63, 3.8) is 0 Å². The molecule has 0 aliphatic rings. The fourth-order valence-electron chi connectivity index (χ4n) is 1.68. The number of ether oxygens (including phenoxy) is 1. The van der Waals surface area contributed by atoms with Crippen LogP contribution in [0.4, 0.5) is 8.78 Å². The molecule has 0 atom stereocenters. The standard InChI is InChI=1S/C12H14F2N4O2/c1-7(2)20-10-6-4-5-9(15-10)18-12(19)17(11(13)14)8(3)16-18/h4-7,11H,1-3H3. The van der Waals surface area contributed by atoms with Crippen LogP contribution in [0, 0.1) is 6.92 Å². The van der Waals surface area contributed by atoms with E-state index in [1.807, 2.05) is 13.8 Å². The van der Waals surface area contributed by atoms with Crippen molar-refractivity contribution in [1.82, 2.24) is 19.3 Å². The van der Waals surface area contributed by atoms with Gasteiger partial charge >= 0.3 is 12.2 Å². The molecule has 0 aromatic carbocycles. The number of aryl methyl sites for hydroxylation is 1. The van der Waals surface area contributed by atoms with Gasteiger partial charge in [0.1, 0.15) is 5.82 Å². The molecule has 0 radical (unpaired) electrons. The van der Waals surface area contributed by atoms with E-state index in [0.717, 1.165) is 4.68 Å². The molecule has 2 heterocycles. The van der Waals surface area contributed by atoms with Gasteiger partial charge in [-0.1, -0.05) is 6.07 Å². The highest BCUT2D eigenvalue weighted by Crippen LogP contribution is 2.13. The predicted molar refractivity (Wildman–Crippen MR) is 67.4 cm³/mol. The molecule has 8 heteroatoms. The fraction of sp³-hybridized carbons (Fsp3) is 0.417. The van der Waals surface area contributed by atoms with E-state index in [4.69, 9.17) is 4.74 Å². The van der Waals surface area contributed by atoms with Crippen LogP contribution in [-0.2, 0) is 0 Å². The van der Waals surface area contributed by atoms with Crippen molar-refractivity contribution in [2.75, 3.05) is 0 Å². The minimum absolute atomic E-state index is 0.0815. The van der Waals surface area contributed by atoms with Crippen LogP contribution in [0.3, 0.4) is 0 Å². The fourth-order valence-corrected chi connectivity index (χ4v) is 1.68. The zero-order valence-electron chi connectivity index (χ0n) is 11.2. The van der Waals surface area contributed by atoms with Crippen molar-refractivity contribution >= 4 is 0 Å². The number of nitrogens with zero attached hydrogens (tertiary/aromatic N) is 4. The van der Waals surface area contributed by atoms with Crippen LogP contribution in [0.1, 0.15) is 26.2 Å². The average molecular weight is 284 g/mol. The number of aromatic nitrogens is 4. The molecule has 0 saturated heterocycles. The monoisotopic (exact) mass is 284 g/mol. The van der Waals surface area contributed by atoms with E-state index < -0.39 is 12.2 Å². The molecule has 0 saturated carbocycles. The molecule has 2 aromatic rings. The van der Waals surface area contributed by atoms with E-state index in [0.29, 0.717) is 10.4 Å². The van der Waals surface area contributed by atoms with Crippen LogP contribution in [0.2, 0.25) is 0 Å². The molecule has 108 valence electrons. The summed E-state index contributed by atoms with van der Waals surface area (Å²) in [6, 6.07) is 4.73. The summed E-state index contributed by atoms with van der Waals surface area (Å²) in [5.74, 6) is 0.353. The van der Waals surface area contributed by atoms with Crippen molar-refractivity contribution in [3.8, 4) is 11.7 Å². The molecule has 2 aromatic heterocycles. The Morgan fingerprint density at radius 1 is 1.30 bits per heavy atom. The van der Waals surface area contributed by atoms with Crippen molar-refractivity contribution < 1.29 is 13.5 Å². The second-order valence-corrected chi connectivity index (χ2v) is 4.39. The van der Waals surface area contributed by atoms with Gasteiger partial charge in [0, 0.05) is 6.07 Å². The summed E-state index contributed by atoms with van der Waals surface area (Å²) in [5.41, 5.74) is -0.938. The molecule has 0 unspecified atom stereocenters. The number of halogens is 2. The van der Waals surface area contributed by atoms with Gasteiger partial charge in [0.25, 0.3) is 0 Å². The van der Waals surface area contributed by atoms with Gasteiger partial charge in [0.15, 0.2) is 5.82 Å². The molecule has 0 amide bonds. The van der Waals surface area contributed by atoms with Gasteiger partial charge in [0.05, 0.1) is 6.10 Å². The van der Waals surface area contributed by atoms with Gasteiger partial charge in [0.2, 0.25) is 5.88 Å². The first-order valence-electron chi connectivity index (χ1n) is 6.00. The molecule has 0 bridgehead atoms. The first-order chi connectivity index (χ1) is 9.40. The van der Waals surface area contributed by atoms with Crippen molar-refractivity contribution in [1.29, 1.82) is 0 Å². The number of hydrogen-bond acceptors (Lipinski definition) is 4. The Kier molecular flexibility index (Phi) is 3.82. The molecular weight excluding hydrogens is 270 g/mol. The maximum absolute atomic E-state index is 12.7. The Morgan fingerprint density at radius 3 is 2.55 bits per heavy atom. The zero-order chi connectivity index (χ0) is 14.9.